The molecule has 2 heterocycles. The van der Waals surface area contributed by atoms with Crippen molar-refractivity contribution in [2.24, 2.45) is 22.7 Å². The van der Waals surface area contributed by atoms with Crippen molar-refractivity contribution in [3.8, 4) is 0 Å². The fraction of sp³-hybridized carbons (Fsp3) is 0.479. The number of hydrogen-bond donors (Lipinski definition) is 6. The Morgan fingerprint density at radius 1 is 0.908 bits per heavy atom. The second kappa shape index (κ2) is 16.9. The lowest BCUT2D eigenvalue weighted by Gasteiger charge is -2.63. The van der Waals surface area contributed by atoms with Crippen LogP contribution in [0.5, 0.6) is 0 Å². The molecule has 0 spiro atoms. The Bertz CT molecular complexity index is 2460. The number of aliphatic hydroxyl groups excluding tert-OH is 3. The highest BCUT2D eigenvalue weighted by Crippen LogP contribution is 2.72. The van der Waals surface area contributed by atoms with Crippen LogP contribution < -0.4 is 16.0 Å². The van der Waals surface area contributed by atoms with E-state index in [0.29, 0.717) is 17.7 Å². The van der Waals surface area contributed by atoms with Crippen LogP contribution in [0.3, 0.4) is 0 Å². The van der Waals surface area contributed by atoms with Crippen LogP contribution in [0, 0.1) is 22.7 Å². The number of fused-ring (bicyclic) bond motifs is 7. The summed E-state index contributed by atoms with van der Waals surface area (Å²) >= 11 is 0. The molecule has 4 amide bonds. The van der Waals surface area contributed by atoms with Crippen LogP contribution in [0.25, 0.3) is 0 Å². The van der Waals surface area contributed by atoms with Gasteiger partial charge in [0.1, 0.15) is 24.9 Å². The fourth-order valence-electron chi connectivity index (χ4n) is 11.4. The Kier molecular flexibility index (Phi) is 11.9. The lowest BCUT2D eigenvalue weighted by atomic mass is 9.44. The highest BCUT2D eigenvalue weighted by Gasteiger charge is 2.80. The van der Waals surface area contributed by atoms with Crippen molar-refractivity contribution in [1.82, 2.24) is 10.6 Å². The van der Waals surface area contributed by atoms with Crippen molar-refractivity contribution in [2.45, 2.75) is 108 Å². The number of carbonyl (C=O) groups excluding carboxylic acids is 6. The lowest BCUT2D eigenvalue weighted by molar-refractivity contribution is -0.447. The number of anilines is 1. The standard InChI is InChI=1S/C48H52F2N4O11/c1-25(51-39(59)16-18-54-40(60)13-14-41(54)61)42(62)52-26(2)43(63)53-30-11-7-28(8-12-30)19-27-5-9-29(10-6-27)44-64-38-22-32-33-21-35(49)34-20-31(56)15-17-45(34,3)47(33,50)36(57)23-46(32,4)48(38,65-44)37(58)24-55/h5-15,17,20,25-26,32-33,35-36,38,44,55,57H,16,18-19,21-24H2,1-4H3,(H3,51,52,53,59,62,63)/p+1/t25-,26-,32-,33-,35-,36-,38+,44+,45-,46-,47-,48+/m0/s1. The molecule has 15 nitrogen and oxygen atoms in total. The number of amides is 4. The molecule has 1 saturated heterocycles. The van der Waals surface area contributed by atoms with E-state index < -0.39 is 112 Å². The van der Waals surface area contributed by atoms with E-state index in [1.807, 2.05) is 24.3 Å². The molecule has 4 aliphatic carbocycles. The quantitative estimate of drug-likeness (QED) is 0.160. The van der Waals surface area contributed by atoms with Gasteiger partial charge in [0.25, 0.3) is 0 Å². The summed E-state index contributed by atoms with van der Waals surface area (Å²) in [5.74, 6) is -5.13. The van der Waals surface area contributed by atoms with Crippen LogP contribution in [0.2, 0.25) is 0 Å². The van der Waals surface area contributed by atoms with E-state index in [0.717, 1.165) is 21.8 Å². The number of allylic oxidation sites excluding steroid dienone is 4. The Morgan fingerprint density at radius 2 is 1.57 bits per heavy atom. The zero-order valence-electron chi connectivity index (χ0n) is 36.4. The first-order valence-corrected chi connectivity index (χ1v) is 21.8. The largest absolute Gasteiger partial charge is 0.460 e. The van der Waals surface area contributed by atoms with Gasteiger partial charge in [0.2, 0.25) is 17.7 Å². The van der Waals surface area contributed by atoms with Crippen molar-refractivity contribution in [2.75, 3.05) is 18.5 Å². The predicted molar refractivity (Wildman–Crippen MR) is 229 cm³/mol. The van der Waals surface area contributed by atoms with Gasteiger partial charge >= 0.3 is 11.8 Å². The molecular weight excluding hydrogens is 847 g/mol. The van der Waals surface area contributed by atoms with Gasteiger partial charge in [-0.3, -0.25) is 24.0 Å². The highest BCUT2D eigenvalue weighted by atomic mass is 19.1. The van der Waals surface area contributed by atoms with Crippen LogP contribution in [0.15, 0.2) is 84.5 Å². The number of benzene rings is 2. The molecule has 0 bridgehead atoms. The summed E-state index contributed by atoms with van der Waals surface area (Å²) < 4.78 is 47.8. The number of rotatable bonds is 13. The van der Waals surface area contributed by atoms with Crippen molar-refractivity contribution >= 4 is 46.8 Å². The molecule has 8 rings (SSSR count). The van der Waals surface area contributed by atoms with Gasteiger partial charge in [0, 0.05) is 28.0 Å². The number of nitrogens with one attached hydrogen (secondary N) is 3. The molecule has 12 atom stereocenters. The minimum absolute atomic E-state index is 0.00179. The first-order valence-electron chi connectivity index (χ1n) is 21.8. The minimum Gasteiger partial charge on any atom is -0.460 e. The number of hydrogen-bond acceptors (Lipinski definition) is 10. The molecule has 344 valence electrons. The summed E-state index contributed by atoms with van der Waals surface area (Å²) in [5.41, 5.74) is -4.02. The summed E-state index contributed by atoms with van der Waals surface area (Å²) in [6.07, 6.45) is 0.820. The van der Waals surface area contributed by atoms with Crippen molar-refractivity contribution < 1.29 is 66.9 Å². The maximum Gasteiger partial charge on any atom is 0.415 e. The summed E-state index contributed by atoms with van der Waals surface area (Å²) in [4.78, 5) is 75.8. The van der Waals surface area contributed by atoms with E-state index >= 15 is 8.78 Å². The first kappa shape index (κ1) is 45.8. The summed E-state index contributed by atoms with van der Waals surface area (Å²) in [6.45, 7) is 5.25. The molecular formula is C48H53F2N4O11+. The third-order valence-corrected chi connectivity index (χ3v) is 14.8. The second-order valence-corrected chi connectivity index (χ2v) is 18.5. The molecule has 0 radical (unpaired) electrons. The van der Waals surface area contributed by atoms with Gasteiger partial charge in [-0.25, -0.2) is 13.6 Å². The molecule has 0 aromatic heterocycles. The third-order valence-electron chi connectivity index (χ3n) is 14.8. The maximum absolute atomic E-state index is 17.7. The number of alkyl halides is 2. The highest BCUT2D eigenvalue weighted by molar-refractivity contribution is 6.02. The van der Waals surface area contributed by atoms with Crippen LogP contribution in [-0.4, -0.2) is 116 Å². The van der Waals surface area contributed by atoms with E-state index in [1.165, 1.54) is 45.1 Å². The number of nitrogens with zero attached hydrogens (tertiary/aromatic N) is 1. The van der Waals surface area contributed by atoms with Crippen LogP contribution in [0.1, 0.15) is 76.4 Å². The topological polar surface area (TPSA) is 221 Å². The number of ether oxygens (including phenoxy) is 2. The normalized spacial score (nSPS) is 34.2. The van der Waals surface area contributed by atoms with Gasteiger partial charge in [0.15, 0.2) is 35.7 Å². The maximum atomic E-state index is 17.7. The second-order valence-electron chi connectivity index (χ2n) is 18.5. The summed E-state index contributed by atoms with van der Waals surface area (Å²) in [6, 6.07) is 12.5. The van der Waals surface area contributed by atoms with Crippen LogP contribution in [-0.2, 0) is 44.7 Å². The molecule has 65 heavy (non-hydrogen) atoms. The van der Waals surface area contributed by atoms with E-state index in [9.17, 15) is 44.1 Å². The number of ketones is 2. The number of halogens is 2. The summed E-state index contributed by atoms with van der Waals surface area (Å²) in [5, 5.41) is 39.6. The molecule has 2 aromatic rings. The van der Waals surface area contributed by atoms with Gasteiger partial charge in [-0.1, -0.05) is 49.4 Å². The van der Waals surface area contributed by atoms with Gasteiger partial charge in [-0.05, 0) is 93.4 Å². The van der Waals surface area contributed by atoms with Crippen molar-refractivity contribution in [3.63, 3.8) is 0 Å². The Balaban J connectivity index is 0.867. The number of aliphatic hydroxyl groups is 3. The number of carbonyl (C=O) groups is 6. The Hall–Kier alpha value is -5.75. The molecule has 17 heteroatoms. The first-order chi connectivity index (χ1) is 30.7. The van der Waals surface area contributed by atoms with Gasteiger partial charge in [0.05, 0.1) is 30.8 Å². The molecule has 3 saturated carbocycles. The van der Waals surface area contributed by atoms with Crippen LogP contribution >= 0.6 is 0 Å². The van der Waals surface area contributed by atoms with Crippen LogP contribution in [0.4, 0.5) is 14.5 Å². The lowest BCUT2D eigenvalue weighted by Crippen LogP contribution is -2.70. The molecule has 2 aliphatic heterocycles. The average Bonchev–Trinajstić information content (AvgIpc) is 3.90. The monoisotopic (exact) mass is 899 g/mol. The van der Waals surface area contributed by atoms with E-state index in [2.05, 4.69) is 16.0 Å². The van der Waals surface area contributed by atoms with E-state index in [-0.39, 0.29) is 43.7 Å². The zero-order valence-corrected chi connectivity index (χ0v) is 36.4. The molecule has 6 N–H and O–H groups in total. The predicted octanol–water partition coefficient (Wildman–Crippen LogP) is 3.32. The molecule has 4 fully saturated rings. The Labute approximate surface area is 373 Å². The average molecular weight is 900 g/mol. The zero-order chi connectivity index (χ0) is 46.8. The third kappa shape index (κ3) is 7.55. The smallest absolute Gasteiger partial charge is 0.415 e. The summed E-state index contributed by atoms with van der Waals surface area (Å²) in [7, 11) is 0. The van der Waals surface area contributed by atoms with E-state index in [4.69, 9.17) is 9.47 Å². The minimum atomic E-state index is -2.35. The van der Waals surface area contributed by atoms with Crippen molar-refractivity contribution in [1.29, 1.82) is 0 Å². The molecule has 2 aromatic carbocycles. The van der Waals surface area contributed by atoms with Gasteiger partial charge in [-0.2, -0.15) is 0 Å². The van der Waals surface area contributed by atoms with Gasteiger partial charge in [-0.15, -0.1) is 4.58 Å². The van der Waals surface area contributed by atoms with Crippen molar-refractivity contribution in [3.05, 3.63) is 101 Å². The van der Waals surface area contributed by atoms with E-state index in [1.54, 1.807) is 31.2 Å². The fourth-order valence-corrected chi connectivity index (χ4v) is 11.4. The molecule has 0 unspecified atom stereocenters. The Morgan fingerprint density at radius 3 is 2.22 bits per heavy atom. The molecule has 6 aliphatic rings. The van der Waals surface area contributed by atoms with Gasteiger partial charge < -0.3 is 40.7 Å². The SMILES string of the molecule is C[C@H](NC(=O)CC[N+]1=C(O)C=CC1=O)C(=O)N[C@@H](C)C(=O)Nc1ccc(Cc2ccc([C@@H]3O[C@@H]4C[C@H]5[C@@H]6C[C@H](F)C7=CC(=O)C=C[C@]7(C)[C@@]6(F)[C@@H](O)C[C@]5(C)[C@]4(C(=O)CO)O3)cc2)cc1. The number of Topliss-reactive ketones (excluding diaryl/α,β-unsaturated/α-hetero) is 1.